The molecule has 3 atom stereocenters. The molecular formula is C15H15FN4O2. The van der Waals surface area contributed by atoms with Gasteiger partial charge < -0.3 is 15.1 Å². The standard InChI is InChI=1S/C15H15FN4O2/c16-9-3-8(5-17-6-9)13-7-18-15(22-13)14(21)20-12-4-10-1-2-11(12)19-10/h3,5-7,10-12,19H,1-2,4H2,(H,20,21). The van der Waals surface area contributed by atoms with E-state index in [4.69, 9.17) is 4.42 Å². The third-order valence-electron chi connectivity index (χ3n) is 4.31. The summed E-state index contributed by atoms with van der Waals surface area (Å²) in [5.74, 6) is -0.492. The number of aromatic nitrogens is 2. The van der Waals surface area contributed by atoms with E-state index in [1.165, 1.54) is 24.9 Å². The van der Waals surface area contributed by atoms with Crippen molar-refractivity contribution in [1.82, 2.24) is 20.6 Å². The molecule has 2 aliphatic heterocycles. The molecule has 22 heavy (non-hydrogen) atoms. The second kappa shape index (κ2) is 5.17. The van der Waals surface area contributed by atoms with Gasteiger partial charge in [0, 0.05) is 29.9 Å². The second-order valence-corrected chi connectivity index (χ2v) is 5.78. The van der Waals surface area contributed by atoms with Gasteiger partial charge in [0.25, 0.3) is 5.89 Å². The lowest BCUT2D eigenvalue weighted by Crippen LogP contribution is -2.43. The van der Waals surface area contributed by atoms with Crippen molar-refractivity contribution < 1.29 is 13.6 Å². The monoisotopic (exact) mass is 302 g/mol. The van der Waals surface area contributed by atoms with Gasteiger partial charge in [-0.05, 0) is 25.3 Å². The molecule has 1 amide bonds. The quantitative estimate of drug-likeness (QED) is 0.898. The smallest absolute Gasteiger partial charge is 0.307 e. The van der Waals surface area contributed by atoms with Gasteiger partial charge in [0.2, 0.25) is 0 Å². The van der Waals surface area contributed by atoms with E-state index >= 15 is 0 Å². The van der Waals surface area contributed by atoms with Crippen LogP contribution in [0, 0.1) is 5.82 Å². The lowest BCUT2D eigenvalue weighted by atomic mass is 9.95. The highest BCUT2D eigenvalue weighted by Gasteiger charge is 2.40. The van der Waals surface area contributed by atoms with E-state index < -0.39 is 5.82 Å². The minimum atomic E-state index is -0.465. The summed E-state index contributed by atoms with van der Waals surface area (Å²) in [6.45, 7) is 0. The third kappa shape index (κ3) is 2.37. The largest absolute Gasteiger partial charge is 0.432 e. The number of oxazole rings is 1. The molecule has 2 fully saturated rings. The summed E-state index contributed by atoms with van der Waals surface area (Å²) in [6.07, 6.45) is 7.18. The van der Waals surface area contributed by atoms with Crippen molar-refractivity contribution in [2.45, 2.75) is 37.4 Å². The minimum absolute atomic E-state index is 0.0120. The Balaban J connectivity index is 1.48. The van der Waals surface area contributed by atoms with Crippen molar-refractivity contribution in [3.8, 4) is 11.3 Å². The van der Waals surface area contributed by atoms with E-state index in [0.717, 1.165) is 19.0 Å². The Morgan fingerprint density at radius 3 is 3.00 bits per heavy atom. The molecule has 2 N–H and O–H groups in total. The molecule has 0 aromatic carbocycles. The molecule has 4 rings (SSSR count). The van der Waals surface area contributed by atoms with Crippen molar-refractivity contribution in [3.05, 3.63) is 36.4 Å². The number of amides is 1. The highest BCUT2D eigenvalue weighted by atomic mass is 19.1. The molecule has 0 aliphatic carbocycles. The summed E-state index contributed by atoms with van der Waals surface area (Å²) in [6, 6.07) is 2.26. The van der Waals surface area contributed by atoms with Gasteiger partial charge in [-0.3, -0.25) is 9.78 Å². The number of hydrogen-bond acceptors (Lipinski definition) is 5. The predicted octanol–water partition coefficient (Wildman–Crippen LogP) is 1.50. The van der Waals surface area contributed by atoms with E-state index in [1.807, 2.05) is 0 Å². The number of pyridine rings is 1. The van der Waals surface area contributed by atoms with Crippen LogP contribution >= 0.6 is 0 Å². The van der Waals surface area contributed by atoms with Gasteiger partial charge in [-0.15, -0.1) is 0 Å². The van der Waals surface area contributed by atoms with Gasteiger partial charge in [-0.2, -0.15) is 0 Å². The first-order valence-corrected chi connectivity index (χ1v) is 7.33. The topological polar surface area (TPSA) is 80.0 Å². The van der Waals surface area contributed by atoms with Crippen LogP contribution in [0.25, 0.3) is 11.3 Å². The zero-order valence-electron chi connectivity index (χ0n) is 11.8. The molecule has 2 aromatic rings. The number of fused-ring (bicyclic) bond motifs is 2. The van der Waals surface area contributed by atoms with Gasteiger partial charge in [0.15, 0.2) is 5.76 Å². The number of nitrogens with zero attached hydrogens (tertiary/aromatic N) is 2. The van der Waals surface area contributed by atoms with Crippen LogP contribution < -0.4 is 10.6 Å². The molecule has 0 saturated carbocycles. The highest BCUT2D eigenvalue weighted by molar-refractivity contribution is 5.90. The van der Waals surface area contributed by atoms with E-state index in [1.54, 1.807) is 0 Å². The lowest BCUT2D eigenvalue weighted by Gasteiger charge is -2.20. The Labute approximate surface area is 126 Å². The zero-order valence-corrected chi connectivity index (χ0v) is 11.8. The fourth-order valence-corrected chi connectivity index (χ4v) is 3.27. The van der Waals surface area contributed by atoms with Crippen LogP contribution in [0.2, 0.25) is 0 Å². The van der Waals surface area contributed by atoms with Crippen molar-refractivity contribution in [1.29, 1.82) is 0 Å². The maximum atomic E-state index is 13.2. The summed E-state index contributed by atoms with van der Waals surface area (Å²) in [4.78, 5) is 19.9. The molecule has 2 saturated heterocycles. The molecule has 4 heterocycles. The van der Waals surface area contributed by atoms with Gasteiger partial charge in [-0.1, -0.05) is 0 Å². The molecule has 114 valence electrons. The summed E-state index contributed by atoms with van der Waals surface area (Å²) in [5.41, 5.74) is 0.452. The Bertz CT molecular complexity index is 717. The second-order valence-electron chi connectivity index (χ2n) is 5.78. The van der Waals surface area contributed by atoms with Gasteiger partial charge in [0.05, 0.1) is 12.4 Å². The molecule has 7 heteroatoms. The number of hydrogen-bond donors (Lipinski definition) is 2. The maximum Gasteiger partial charge on any atom is 0.307 e. The number of carbonyl (C=O) groups is 1. The SMILES string of the molecule is O=C(NC1CC2CCC1N2)c1ncc(-c2cncc(F)c2)o1. The first-order chi connectivity index (χ1) is 10.7. The first-order valence-electron chi connectivity index (χ1n) is 7.33. The number of halogens is 1. The van der Waals surface area contributed by atoms with Gasteiger partial charge in [-0.25, -0.2) is 9.37 Å². The minimum Gasteiger partial charge on any atom is -0.432 e. The molecular weight excluding hydrogens is 287 g/mol. The van der Waals surface area contributed by atoms with Crippen LogP contribution in [-0.2, 0) is 0 Å². The summed E-state index contributed by atoms with van der Waals surface area (Å²) >= 11 is 0. The van der Waals surface area contributed by atoms with E-state index in [2.05, 4.69) is 20.6 Å². The average molecular weight is 302 g/mol. The fourth-order valence-electron chi connectivity index (χ4n) is 3.27. The van der Waals surface area contributed by atoms with Crippen molar-refractivity contribution >= 4 is 5.91 Å². The lowest BCUT2D eigenvalue weighted by molar-refractivity contribution is 0.0896. The van der Waals surface area contributed by atoms with Gasteiger partial charge in [0.1, 0.15) is 5.82 Å². The van der Waals surface area contributed by atoms with Crippen molar-refractivity contribution in [2.75, 3.05) is 0 Å². The van der Waals surface area contributed by atoms with Crippen molar-refractivity contribution in [2.24, 2.45) is 0 Å². The normalized spacial score (nSPS) is 26.3. The summed E-state index contributed by atoms with van der Waals surface area (Å²) < 4.78 is 18.6. The number of nitrogens with one attached hydrogen (secondary N) is 2. The predicted molar refractivity (Wildman–Crippen MR) is 75.5 cm³/mol. The Morgan fingerprint density at radius 2 is 2.27 bits per heavy atom. The molecule has 2 bridgehead atoms. The number of carbonyl (C=O) groups excluding carboxylic acids is 1. The van der Waals surface area contributed by atoms with Crippen LogP contribution in [0.5, 0.6) is 0 Å². The van der Waals surface area contributed by atoms with E-state index in [9.17, 15) is 9.18 Å². The summed E-state index contributed by atoms with van der Waals surface area (Å²) in [5, 5.41) is 6.41. The maximum absolute atomic E-state index is 13.2. The van der Waals surface area contributed by atoms with E-state index in [0.29, 0.717) is 23.4 Å². The van der Waals surface area contributed by atoms with Crippen molar-refractivity contribution in [3.63, 3.8) is 0 Å². The Hall–Kier alpha value is -2.28. The Morgan fingerprint density at radius 1 is 1.36 bits per heavy atom. The summed E-state index contributed by atoms with van der Waals surface area (Å²) in [7, 11) is 0. The highest BCUT2D eigenvalue weighted by Crippen LogP contribution is 2.28. The van der Waals surface area contributed by atoms with Crippen LogP contribution in [0.1, 0.15) is 29.9 Å². The fraction of sp³-hybridized carbons (Fsp3) is 0.400. The average Bonchev–Trinajstić information content (AvgIpc) is 3.23. The molecule has 6 nitrogen and oxygen atoms in total. The van der Waals surface area contributed by atoms with Crippen LogP contribution in [0.4, 0.5) is 4.39 Å². The zero-order chi connectivity index (χ0) is 15.1. The van der Waals surface area contributed by atoms with Crippen LogP contribution in [0.15, 0.2) is 29.1 Å². The van der Waals surface area contributed by atoms with E-state index in [-0.39, 0.29) is 17.8 Å². The van der Waals surface area contributed by atoms with Crippen LogP contribution in [-0.4, -0.2) is 34.0 Å². The molecule has 0 spiro atoms. The van der Waals surface area contributed by atoms with Gasteiger partial charge >= 0.3 is 5.91 Å². The first kappa shape index (κ1) is 13.4. The molecule has 0 radical (unpaired) electrons. The Kier molecular flexibility index (Phi) is 3.15. The number of rotatable bonds is 3. The molecule has 2 aliphatic rings. The molecule has 3 unspecified atom stereocenters. The van der Waals surface area contributed by atoms with Crippen LogP contribution in [0.3, 0.4) is 0 Å². The third-order valence-corrected chi connectivity index (χ3v) is 4.31. The molecule has 2 aromatic heterocycles.